The first-order valence-corrected chi connectivity index (χ1v) is 9.16. The van der Waals surface area contributed by atoms with Crippen molar-refractivity contribution in [3.05, 3.63) is 51.5 Å². The van der Waals surface area contributed by atoms with Crippen LogP contribution in [0.3, 0.4) is 0 Å². The average molecular weight is 380 g/mol. The van der Waals surface area contributed by atoms with Crippen molar-refractivity contribution >= 4 is 34.8 Å². The van der Waals surface area contributed by atoms with Gasteiger partial charge in [0.1, 0.15) is 5.75 Å². The van der Waals surface area contributed by atoms with Gasteiger partial charge in [0.25, 0.3) is 0 Å². The van der Waals surface area contributed by atoms with Crippen molar-refractivity contribution < 1.29 is 9.53 Å². The van der Waals surface area contributed by atoms with Crippen LogP contribution >= 0.6 is 23.2 Å². The minimum absolute atomic E-state index is 0.0262. The topological polar surface area (TPSA) is 38.3 Å². The van der Waals surface area contributed by atoms with Crippen LogP contribution in [0.15, 0.2) is 30.3 Å². The molecule has 0 saturated heterocycles. The van der Waals surface area contributed by atoms with E-state index in [1.54, 1.807) is 18.2 Å². The van der Waals surface area contributed by atoms with Crippen LogP contribution in [0.1, 0.15) is 37.8 Å². The Morgan fingerprint density at radius 3 is 2.20 bits per heavy atom. The van der Waals surface area contributed by atoms with E-state index in [4.69, 9.17) is 27.9 Å². The monoisotopic (exact) mass is 379 g/mol. The number of hydrogen-bond donors (Lipinski definition) is 1. The second-order valence-electron chi connectivity index (χ2n) is 6.11. The minimum Gasteiger partial charge on any atom is -0.455 e. The average Bonchev–Trinajstić information content (AvgIpc) is 2.53. The number of hydrogen-bond acceptors (Lipinski definition) is 2. The Bertz CT molecular complexity index is 747. The zero-order valence-electron chi connectivity index (χ0n) is 15.0. The molecule has 2 rings (SSSR count). The summed E-state index contributed by atoms with van der Waals surface area (Å²) in [5, 5.41) is 4.16. The lowest BCUT2D eigenvalue weighted by molar-refractivity contribution is -0.120. The second kappa shape index (κ2) is 8.59. The number of carbonyl (C=O) groups is 1. The van der Waals surface area contributed by atoms with Crippen molar-refractivity contribution in [2.24, 2.45) is 5.92 Å². The number of rotatable bonds is 6. The molecule has 5 heteroatoms. The third kappa shape index (κ3) is 4.90. The molecule has 0 fully saturated rings. The molecule has 0 aliphatic rings. The van der Waals surface area contributed by atoms with Crippen molar-refractivity contribution in [3.63, 3.8) is 0 Å². The summed E-state index contributed by atoms with van der Waals surface area (Å²) in [6.07, 6.45) is 1.57. The number of benzene rings is 2. The molecule has 0 aliphatic heterocycles. The van der Waals surface area contributed by atoms with Gasteiger partial charge in [-0.3, -0.25) is 4.79 Å². The maximum absolute atomic E-state index is 12.4. The fourth-order valence-electron chi connectivity index (χ4n) is 2.75. The molecule has 0 unspecified atom stereocenters. The van der Waals surface area contributed by atoms with Gasteiger partial charge in [0.05, 0.1) is 5.69 Å². The SMILES string of the molecule is CCC(CC)C(=O)Nc1cc(Cl)ccc1Oc1c(C)cc(Cl)cc1C. The van der Waals surface area contributed by atoms with E-state index in [2.05, 4.69) is 5.32 Å². The molecule has 0 radical (unpaired) electrons. The van der Waals surface area contributed by atoms with Gasteiger partial charge in [-0.05, 0) is 68.1 Å². The Balaban J connectivity index is 2.35. The first kappa shape index (κ1) is 19.6. The van der Waals surface area contributed by atoms with E-state index in [1.807, 2.05) is 39.8 Å². The van der Waals surface area contributed by atoms with E-state index < -0.39 is 0 Å². The molecule has 0 saturated carbocycles. The van der Waals surface area contributed by atoms with Gasteiger partial charge in [0, 0.05) is 16.0 Å². The van der Waals surface area contributed by atoms with Gasteiger partial charge in [0.2, 0.25) is 5.91 Å². The van der Waals surface area contributed by atoms with Gasteiger partial charge in [0.15, 0.2) is 5.75 Å². The summed E-state index contributed by atoms with van der Waals surface area (Å²) in [5.41, 5.74) is 2.42. The highest BCUT2D eigenvalue weighted by molar-refractivity contribution is 6.31. The Morgan fingerprint density at radius 1 is 1.04 bits per heavy atom. The highest BCUT2D eigenvalue weighted by atomic mass is 35.5. The number of carbonyl (C=O) groups excluding carboxylic acids is 1. The highest BCUT2D eigenvalue weighted by Crippen LogP contribution is 2.36. The predicted molar refractivity (Wildman–Crippen MR) is 105 cm³/mol. The van der Waals surface area contributed by atoms with E-state index in [0.29, 0.717) is 21.5 Å². The van der Waals surface area contributed by atoms with E-state index >= 15 is 0 Å². The van der Waals surface area contributed by atoms with Crippen LogP contribution in [0.5, 0.6) is 11.5 Å². The van der Waals surface area contributed by atoms with Crippen molar-refractivity contribution in [3.8, 4) is 11.5 Å². The summed E-state index contributed by atoms with van der Waals surface area (Å²) in [6, 6.07) is 8.91. The first-order valence-electron chi connectivity index (χ1n) is 8.40. The molecular formula is C20H23Cl2NO2. The molecule has 1 N–H and O–H groups in total. The highest BCUT2D eigenvalue weighted by Gasteiger charge is 2.17. The predicted octanol–water partition coefficient (Wildman–Crippen LogP) is 6.78. The molecule has 134 valence electrons. The Morgan fingerprint density at radius 2 is 1.64 bits per heavy atom. The van der Waals surface area contributed by atoms with Crippen LogP contribution in [-0.4, -0.2) is 5.91 Å². The van der Waals surface area contributed by atoms with Crippen LogP contribution in [0, 0.1) is 19.8 Å². The summed E-state index contributed by atoms with van der Waals surface area (Å²) in [4.78, 5) is 12.4. The summed E-state index contributed by atoms with van der Waals surface area (Å²) < 4.78 is 6.10. The second-order valence-corrected chi connectivity index (χ2v) is 6.99. The smallest absolute Gasteiger partial charge is 0.227 e. The third-order valence-electron chi connectivity index (χ3n) is 4.19. The van der Waals surface area contributed by atoms with E-state index in [1.165, 1.54) is 0 Å². The number of anilines is 1. The molecule has 25 heavy (non-hydrogen) atoms. The number of aryl methyl sites for hydroxylation is 2. The summed E-state index contributed by atoms with van der Waals surface area (Å²) in [5.74, 6) is 1.22. The quantitative estimate of drug-likeness (QED) is 0.600. The summed E-state index contributed by atoms with van der Waals surface area (Å²) in [6.45, 7) is 7.88. The molecule has 3 nitrogen and oxygen atoms in total. The standard InChI is InChI=1S/C20H23Cl2NO2/c1-5-14(6-2)20(24)23-17-11-15(21)7-8-18(17)25-19-12(3)9-16(22)10-13(19)4/h7-11,14H,5-6H2,1-4H3,(H,23,24). The summed E-state index contributed by atoms with van der Waals surface area (Å²) >= 11 is 12.2. The van der Waals surface area contributed by atoms with Gasteiger partial charge in [-0.25, -0.2) is 0 Å². The van der Waals surface area contributed by atoms with Crippen molar-refractivity contribution in [2.45, 2.75) is 40.5 Å². The molecular weight excluding hydrogens is 357 g/mol. The van der Waals surface area contributed by atoms with Gasteiger partial charge < -0.3 is 10.1 Å². The third-order valence-corrected chi connectivity index (χ3v) is 4.65. The van der Waals surface area contributed by atoms with Crippen LogP contribution in [0.2, 0.25) is 10.0 Å². The first-order chi connectivity index (χ1) is 11.8. The lowest BCUT2D eigenvalue weighted by atomic mass is 10.0. The zero-order valence-corrected chi connectivity index (χ0v) is 16.5. The maximum Gasteiger partial charge on any atom is 0.227 e. The van der Waals surface area contributed by atoms with Crippen LogP contribution in [0.25, 0.3) is 0 Å². The van der Waals surface area contributed by atoms with Gasteiger partial charge in [-0.15, -0.1) is 0 Å². The molecule has 0 bridgehead atoms. The van der Waals surface area contributed by atoms with E-state index in [9.17, 15) is 4.79 Å². The van der Waals surface area contributed by atoms with Crippen molar-refractivity contribution in [1.29, 1.82) is 0 Å². The molecule has 0 heterocycles. The van der Waals surface area contributed by atoms with Crippen LogP contribution in [-0.2, 0) is 4.79 Å². The maximum atomic E-state index is 12.4. The molecule has 2 aromatic carbocycles. The fourth-order valence-corrected chi connectivity index (χ4v) is 3.25. The molecule has 0 atom stereocenters. The molecule has 0 aromatic heterocycles. The van der Waals surface area contributed by atoms with Crippen molar-refractivity contribution in [2.75, 3.05) is 5.32 Å². The number of nitrogens with one attached hydrogen (secondary N) is 1. The molecule has 0 spiro atoms. The fraction of sp³-hybridized carbons (Fsp3) is 0.350. The Kier molecular flexibility index (Phi) is 6.74. The lowest BCUT2D eigenvalue weighted by Gasteiger charge is -2.18. The summed E-state index contributed by atoms with van der Waals surface area (Å²) in [7, 11) is 0. The number of amides is 1. The Labute approximate surface area is 159 Å². The van der Waals surface area contributed by atoms with E-state index in [0.717, 1.165) is 29.7 Å². The molecule has 0 aliphatic carbocycles. The van der Waals surface area contributed by atoms with Gasteiger partial charge in [-0.1, -0.05) is 37.0 Å². The van der Waals surface area contributed by atoms with Crippen LogP contribution in [0.4, 0.5) is 5.69 Å². The normalized spacial score (nSPS) is 10.8. The molecule has 2 aromatic rings. The van der Waals surface area contributed by atoms with Crippen LogP contribution < -0.4 is 10.1 Å². The Hall–Kier alpha value is -1.71. The lowest BCUT2D eigenvalue weighted by Crippen LogP contribution is -2.21. The van der Waals surface area contributed by atoms with Gasteiger partial charge in [-0.2, -0.15) is 0 Å². The number of ether oxygens (including phenoxy) is 1. The largest absolute Gasteiger partial charge is 0.455 e. The number of halogens is 2. The molecule has 1 amide bonds. The zero-order chi connectivity index (χ0) is 18.6. The van der Waals surface area contributed by atoms with Gasteiger partial charge >= 0.3 is 0 Å². The minimum atomic E-state index is -0.0363. The van der Waals surface area contributed by atoms with Crippen molar-refractivity contribution in [1.82, 2.24) is 0 Å². The van der Waals surface area contributed by atoms with E-state index in [-0.39, 0.29) is 11.8 Å².